The van der Waals surface area contributed by atoms with Gasteiger partial charge < -0.3 is 57.4 Å². The molecule has 0 spiro atoms. The number of nitrogens with one attached hydrogen (secondary N) is 2. The third-order valence-electron chi connectivity index (χ3n) is 11.9. The predicted molar refractivity (Wildman–Crippen MR) is 270 cm³/mol. The zero-order valence-electron chi connectivity index (χ0n) is 43.6. The molecule has 0 radical (unpaired) electrons. The Balaban J connectivity index is 0.934. The van der Waals surface area contributed by atoms with Crippen molar-refractivity contribution in [2.24, 2.45) is 0 Å². The molecule has 1 saturated heterocycles. The summed E-state index contributed by atoms with van der Waals surface area (Å²) in [6.45, 7) is 11.6. The Morgan fingerprint density at radius 2 is 0.903 bits per heavy atom. The van der Waals surface area contributed by atoms with E-state index in [9.17, 15) is 24.0 Å². The molecule has 1 aromatic carbocycles. The van der Waals surface area contributed by atoms with Crippen LogP contribution in [0.3, 0.4) is 0 Å². The van der Waals surface area contributed by atoms with E-state index in [1.807, 2.05) is 0 Å². The summed E-state index contributed by atoms with van der Waals surface area (Å²) in [6.07, 6.45) is 20.2. The van der Waals surface area contributed by atoms with E-state index in [1.54, 1.807) is 18.2 Å². The highest BCUT2D eigenvalue weighted by Crippen LogP contribution is 2.32. The van der Waals surface area contributed by atoms with E-state index in [2.05, 4.69) is 17.6 Å². The van der Waals surface area contributed by atoms with Gasteiger partial charge in [-0.05, 0) is 25.0 Å². The normalized spacial score (nSPS) is 14.6. The van der Waals surface area contributed by atoms with Crippen LogP contribution in [0.15, 0.2) is 18.2 Å². The Bertz CT molecular complexity index is 1590. The van der Waals surface area contributed by atoms with Crippen LogP contribution < -0.4 is 10.6 Å². The number of carbonyl (C=O) groups is 5. The first-order valence-electron chi connectivity index (χ1n) is 27.0. The topological polar surface area (TPSA) is 214 Å². The van der Waals surface area contributed by atoms with Gasteiger partial charge in [0.05, 0.1) is 143 Å². The average molecular weight is 1020 g/mol. The van der Waals surface area contributed by atoms with Gasteiger partial charge in [-0.2, -0.15) is 0 Å². The van der Waals surface area contributed by atoms with Crippen molar-refractivity contribution in [1.82, 2.24) is 10.2 Å². The summed E-state index contributed by atoms with van der Waals surface area (Å²) in [5, 5.41) is 5.34. The minimum absolute atomic E-state index is 0.0628. The quantitative estimate of drug-likeness (QED) is 0.0406. The van der Waals surface area contributed by atoms with E-state index in [1.165, 1.54) is 83.5 Å². The molecule has 72 heavy (non-hydrogen) atoms. The highest BCUT2D eigenvalue weighted by atomic mass is 16.6. The molecule has 2 aliphatic rings. The first kappa shape index (κ1) is 62.7. The van der Waals surface area contributed by atoms with Crippen LogP contribution in [0, 0.1) is 0 Å². The molecule has 412 valence electrons. The number of unbranched alkanes of at least 4 members (excludes halogenated alkanes) is 14. The monoisotopic (exact) mass is 1020 g/mol. The number of imide groups is 2. The van der Waals surface area contributed by atoms with Gasteiger partial charge in [0.25, 0.3) is 11.8 Å². The summed E-state index contributed by atoms with van der Waals surface area (Å²) in [5.41, 5.74) is 0.900. The lowest BCUT2D eigenvalue weighted by atomic mass is 10.0. The van der Waals surface area contributed by atoms with Crippen molar-refractivity contribution >= 4 is 35.3 Å². The van der Waals surface area contributed by atoms with Gasteiger partial charge in [0.2, 0.25) is 11.8 Å². The van der Waals surface area contributed by atoms with Gasteiger partial charge in [0.1, 0.15) is 12.6 Å². The molecule has 19 nitrogen and oxygen atoms in total. The van der Waals surface area contributed by atoms with Crippen LogP contribution in [0.1, 0.15) is 143 Å². The first-order valence-corrected chi connectivity index (χ1v) is 27.0. The van der Waals surface area contributed by atoms with Crippen LogP contribution in [0.5, 0.6) is 0 Å². The lowest BCUT2D eigenvalue weighted by Crippen LogP contribution is -2.54. The molecule has 2 N–H and O–H groups in total. The number of hydrogen-bond acceptors (Lipinski definition) is 17. The van der Waals surface area contributed by atoms with Crippen molar-refractivity contribution < 1.29 is 76.1 Å². The molecule has 4 amide bonds. The van der Waals surface area contributed by atoms with Crippen LogP contribution in [-0.2, 0) is 66.5 Å². The molecule has 1 fully saturated rings. The van der Waals surface area contributed by atoms with E-state index in [-0.39, 0.29) is 36.5 Å². The lowest BCUT2D eigenvalue weighted by Gasteiger charge is -2.27. The zero-order valence-corrected chi connectivity index (χ0v) is 43.6. The van der Waals surface area contributed by atoms with E-state index >= 15 is 0 Å². The maximum atomic E-state index is 13.2. The third kappa shape index (κ3) is 29.9. The minimum Gasteiger partial charge on any atom is -0.463 e. The number of piperidine rings is 1. The second-order valence-corrected chi connectivity index (χ2v) is 17.6. The number of hydrogen-bond donors (Lipinski definition) is 2. The molecule has 19 heteroatoms. The molecule has 2 heterocycles. The number of anilines is 1. The molecule has 1 unspecified atom stereocenters. The number of rotatable bonds is 51. The first-order chi connectivity index (χ1) is 35.4. The number of ether oxygens (including phenoxy) is 11. The second kappa shape index (κ2) is 43.7. The van der Waals surface area contributed by atoms with Crippen molar-refractivity contribution in [2.75, 3.05) is 151 Å². The molecule has 0 bridgehead atoms. The fourth-order valence-electron chi connectivity index (χ4n) is 7.93. The van der Waals surface area contributed by atoms with Gasteiger partial charge in [-0.15, -0.1) is 0 Å². The number of carbonyl (C=O) groups excluding carboxylic acids is 5. The molecule has 1 aromatic rings. The predicted octanol–water partition coefficient (Wildman–Crippen LogP) is 6.47. The maximum absolute atomic E-state index is 13.2. The van der Waals surface area contributed by atoms with E-state index in [4.69, 9.17) is 52.1 Å². The molecule has 2 aliphatic heterocycles. The number of esters is 1. The highest BCUT2D eigenvalue weighted by molar-refractivity contribution is 6.25. The molecule has 0 aromatic heterocycles. The average Bonchev–Trinajstić information content (AvgIpc) is 3.63. The van der Waals surface area contributed by atoms with Crippen molar-refractivity contribution in [1.29, 1.82) is 0 Å². The molecule has 0 aliphatic carbocycles. The Morgan fingerprint density at radius 1 is 0.514 bits per heavy atom. The van der Waals surface area contributed by atoms with Crippen molar-refractivity contribution in [2.45, 2.75) is 129 Å². The van der Waals surface area contributed by atoms with Gasteiger partial charge in [0, 0.05) is 25.1 Å². The summed E-state index contributed by atoms with van der Waals surface area (Å²) >= 11 is 0. The molecular formula is C53H89N3O16. The minimum atomic E-state index is -1.01. The standard InChI is InChI=1S/C53H89N3O16/c1-2-3-4-5-6-7-8-9-10-11-12-13-14-15-16-20-49(58)72-44-43-71-42-41-70-40-39-69-38-37-68-36-35-67-34-33-66-32-31-65-30-29-64-28-27-63-26-25-62-24-23-54-46-19-17-18-45-50(46)53(61)56(52(45)60)47-21-22-48(57)55-51(47)59/h17-19,47,54H,2-16,20-44H2,1H3,(H,55,57,59). The van der Waals surface area contributed by atoms with Crippen LogP contribution in [0.2, 0.25) is 0 Å². The molecule has 1 atom stereocenters. The summed E-state index contributed by atoms with van der Waals surface area (Å²) in [6, 6.07) is 3.90. The fraction of sp³-hybridized carbons (Fsp3) is 0.792. The lowest BCUT2D eigenvalue weighted by molar-refractivity contribution is -0.145. The van der Waals surface area contributed by atoms with Crippen LogP contribution >= 0.6 is 0 Å². The summed E-state index contributed by atoms with van der Waals surface area (Å²) in [5.74, 6) is -2.32. The Labute approximate surface area is 428 Å². The van der Waals surface area contributed by atoms with Crippen LogP contribution in [0.4, 0.5) is 5.69 Å². The highest BCUT2D eigenvalue weighted by Gasteiger charge is 2.45. The van der Waals surface area contributed by atoms with Crippen LogP contribution in [-0.4, -0.2) is 186 Å². The number of amides is 4. The summed E-state index contributed by atoms with van der Waals surface area (Å²) in [7, 11) is 0. The smallest absolute Gasteiger partial charge is 0.305 e. The van der Waals surface area contributed by atoms with Gasteiger partial charge in [-0.3, -0.25) is 34.2 Å². The van der Waals surface area contributed by atoms with Crippen LogP contribution in [0.25, 0.3) is 0 Å². The summed E-state index contributed by atoms with van der Waals surface area (Å²) < 4.78 is 60.5. The SMILES string of the molecule is CCCCCCCCCCCCCCCCCC(=O)OCCOCCOCCOCCOCCOCCOCCOCCOCCOCCOCCNc1cccc2c1C(=O)N(C1CCC(=O)NC1=O)C2=O. The number of nitrogens with zero attached hydrogens (tertiary/aromatic N) is 1. The largest absolute Gasteiger partial charge is 0.463 e. The van der Waals surface area contributed by atoms with Gasteiger partial charge in [-0.25, -0.2) is 0 Å². The second-order valence-electron chi connectivity index (χ2n) is 17.6. The van der Waals surface area contributed by atoms with Crippen molar-refractivity contribution in [3.63, 3.8) is 0 Å². The Morgan fingerprint density at radius 3 is 1.32 bits per heavy atom. The third-order valence-corrected chi connectivity index (χ3v) is 11.9. The van der Waals surface area contributed by atoms with Gasteiger partial charge >= 0.3 is 5.97 Å². The number of benzene rings is 1. The van der Waals surface area contributed by atoms with Gasteiger partial charge in [0.15, 0.2) is 0 Å². The van der Waals surface area contributed by atoms with E-state index in [0.717, 1.165) is 17.7 Å². The zero-order chi connectivity index (χ0) is 51.4. The molecule has 3 rings (SSSR count). The van der Waals surface area contributed by atoms with E-state index in [0.29, 0.717) is 151 Å². The summed E-state index contributed by atoms with van der Waals surface area (Å²) in [4.78, 5) is 62.9. The van der Waals surface area contributed by atoms with Gasteiger partial charge in [-0.1, -0.05) is 103 Å². The maximum Gasteiger partial charge on any atom is 0.305 e. The Hall–Kier alpha value is -3.63. The van der Waals surface area contributed by atoms with E-state index < -0.39 is 29.7 Å². The number of fused-ring (bicyclic) bond motifs is 1. The molecule has 0 saturated carbocycles. The Kier molecular flexibility index (Phi) is 38.1. The van der Waals surface area contributed by atoms with Crippen molar-refractivity contribution in [3.05, 3.63) is 29.3 Å². The fourth-order valence-corrected chi connectivity index (χ4v) is 7.93. The van der Waals surface area contributed by atoms with Crippen molar-refractivity contribution in [3.8, 4) is 0 Å². The molecular weight excluding hydrogens is 935 g/mol.